The Labute approximate surface area is 179 Å². The monoisotopic (exact) mass is 400 g/mol. The van der Waals surface area contributed by atoms with Gasteiger partial charge in [-0.3, -0.25) is 0 Å². The van der Waals surface area contributed by atoms with Crippen LogP contribution in [0.4, 0.5) is 0 Å². The first-order chi connectivity index (χ1) is 13.6. The lowest BCUT2D eigenvalue weighted by molar-refractivity contribution is 0.0596. The second-order valence-corrected chi connectivity index (χ2v) is 11.2. The van der Waals surface area contributed by atoms with Gasteiger partial charge in [-0.05, 0) is 100 Å². The summed E-state index contributed by atoms with van der Waals surface area (Å²) in [4.78, 5) is 0. The lowest BCUT2D eigenvalue weighted by atomic mass is 9.60. The zero-order chi connectivity index (χ0) is 21.2. The Morgan fingerprint density at radius 3 is 2.69 bits per heavy atom. The highest BCUT2D eigenvalue weighted by Gasteiger charge is 2.50. The van der Waals surface area contributed by atoms with Crippen molar-refractivity contribution in [3.05, 3.63) is 35.5 Å². The SMILES string of the molecule is C=C1CC[C@@H](O)C/C1=C/C=C1\CCC[C@@]2(C)C1CC[C@@H]2[C@H](C)CCCC(C)(C)O. The lowest BCUT2D eigenvalue weighted by Crippen LogP contribution is -2.36. The van der Waals surface area contributed by atoms with E-state index in [-0.39, 0.29) is 6.10 Å². The van der Waals surface area contributed by atoms with Crippen molar-refractivity contribution in [1.82, 2.24) is 0 Å². The third-order valence-corrected chi connectivity index (χ3v) is 8.36. The molecule has 2 nitrogen and oxygen atoms in total. The van der Waals surface area contributed by atoms with Crippen LogP contribution >= 0.6 is 0 Å². The predicted molar refractivity (Wildman–Crippen MR) is 123 cm³/mol. The Kier molecular flexibility index (Phi) is 7.16. The van der Waals surface area contributed by atoms with Crippen molar-refractivity contribution in [1.29, 1.82) is 0 Å². The van der Waals surface area contributed by atoms with Crippen molar-refractivity contribution in [2.24, 2.45) is 23.2 Å². The molecule has 0 heterocycles. The fourth-order valence-electron chi connectivity index (χ4n) is 6.67. The van der Waals surface area contributed by atoms with Gasteiger partial charge in [-0.2, -0.15) is 0 Å². The quantitative estimate of drug-likeness (QED) is 0.518. The van der Waals surface area contributed by atoms with Crippen molar-refractivity contribution in [2.45, 2.75) is 110 Å². The van der Waals surface area contributed by atoms with Crippen LogP contribution in [-0.4, -0.2) is 21.9 Å². The summed E-state index contributed by atoms with van der Waals surface area (Å²) in [6.07, 6.45) is 16.9. The first kappa shape index (κ1) is 22.8. The molecule has 0 bridgehead atoms. The topological polar surface area (TPSA) is 40.5 Å². The average molecular weight is 401 g/mol. The first-order valence-corrected chi connectivity index (χ1v) is 12.1. The molecule has 0 aromatic rings. The highest BCUT2D eigenvalue weighted by molar-refractivity contribution is 5.36. The number of rotatable bonds is 6. The van der Waals surface area contributed by atoms with Crippen molar-refractivity contribution in [3.63, 3.8) is 0 Å². The molecule has 5 atom stereocenters. The maximum Gasteiger partial charge on any atom is 0.0591 e. The molecule has 0 aromatic heterocycles. The highest BCUT2D eigenvalue weighted by Crippen LogP contribution is 2.60. The molecule has 3 aliphatic rings. The lowest BCUT2D eigenvalue weighted by Gasteiger charge is -2.44. The molecule has 0 radical (unpaired) electrons. The van der Waals surface area contributed by atoms with Crippen LogP contribution < -0.4 is 0 Å². The van der Waals surface area contributed by atoms with Crippen LogP contribution in [0.5, 0.6) is 0 Å². The van der Waals surface area contributed by atoms with Crippen LogP contribution in [0.3, 0.4) is 0 Å². The fraction of sp³-hybridized carbons (Fsp3) is 0.778. The van der Waals surface area contributed by atoms with Gasteiger partial charge >= 0.3 is 0 Å². The third kappa shape index (κ3) is 5.44. The molecular weight excluding hydrogens is 356 g/mol. The Morgan fingerprint density at radius 1 is 1.21 bits per heavy atom. The van der Waals surface area contributed by atoms with Gasteiger partial charge < -0.3 is 10.2 Å². The van der Waals surface area contributed by atoms with E-state index in [0.717, 1.165) is 49.9 Å². The largest absolute Gasteiger partial charge is 0.393 e. The maximum atomic E-state index is 10.0. The summed E-state index contributed by atoms with van der Waals surface area (Å²) in [5.41, 5.74) is 4.02. The standard InChI is InChI=1S/C27H44O2/c1-19-10-13-23(28)18-22(19)12-11-21-9-7-17-27(5)24(14-15-25(21)27)20(2)8-6-16-26(3,4)29/h11-12,20,23-25,28-29H,1,6-10,13-18H2,2-5H3/b21-11+,22-12-/t20-,23-,24-,25?,27-/m1/s1. The number of fused-ring (bicyclic) bond motifs is 1. The van der Waals surface area contributed by atoms with Crippen LogP contribution in [-0.2, 0) is 0 Å². The molecule has 3 aliphatic carbocycles. The second kappa shape index (κ2) is 9.10. The molecule has 3 saturated carbocycles. The molecule has 0 amide bonds. The van der Waals surface area contributed by atoms with Gasteiger partial charge in [0.05, 0.1) is 11.7 Å². The number of hydrogen-bond acceptors (Lipinski definition) is 2. The van der Waals surface area contributed by atoms with Crippen LogP contribution in [0.25, 0.3) is 0 Å². The fourth-order valence-corrected chi connectivity index (χ4v) is 6.67. The summed E-state index contributed by atoms with van der Waals surface area (Å²) < 4.78 is 0. The van der Waals surface area contributed by atoms with E-state index in [1.165, 1.54) is 49.7 Å². The molecule has 0 spiro atoms. The van der Waals surface area contributed by atoms with E-state index in [1.54, 1.807) is 5.57 Å². The van der Waals surface area contributed by atoms with E-state index in [4.69, 9.17) is 0 Å². The normalized spacial score (nSPS) is 37.2. The van der Waals surface area contributed by atoms with Gasteiger partial charge in [0.15, 0.2) is 0 Å². The zero-order valence-electron chi connectivity index (χ0n) is 19.3. The molecule has 0 saturated heterocycles. The minimum Gasteiger partial charge on any atom is -0.393 e. The molecule has 0 aliphatic heterocycles. The summed E-state index contributed by atoms with van der Waals surface area (Å²) >= 11 is 0. The van der Waals surface area contributed by atoms with Gasteiger partial charge in [0, 0.05) is 0 Å². The molecule has 0 aromatic carbocycles. The summed E-state index contributed by atoms with van der Waals surface area (Å²) in [6, 6.07) is 0. The summed E-state index contributed by atoms with van der Waals surface area (Å²) in [5, 5.41) is 20.1. The van der Waals surface area contributed by atoms with Gasteiger partial charge in [0.2, 0.25) is 0 Å². The van der Waals surface area contributed by atoms with Crippen LogP contribution in [0.1, 0.15) is 98.3 Å². The van der Waals surface area contributed by atoms with Gasteiger partial charge in [-0.15, -0.1) is 0 Å². The summed E-state index contributed by atoms with van der Waals surface area (Å²) in [6.45, 7) is 13.1. The van der Waals surface area contributed by atoms with E-state index in [0.29, 0.717) is 5.41 Å². The predicted octanol–water partition coefficient (Wildman–Crippen LogP) is 6.73. The third-order valence-electron chi connectivity index (χ3n) is 8.36. The molecular formula is C27H44O2. The van der Waals surface area contributed by atoms with Gasteiger partial charge in [-0.25, -0.2) is 0 Å². The molecule has 164 valence electrons. The Hall–Kier alpha value is -0.860. The van der Waals surface area contributed by atoms with Crippen molar-refractivity contribution in [3.8, 4) is 0 Å². The van der Waals surface area contributed by atoms with E-state index in [1.807, 2.05) is 13.8 Å². The number of aliphatic hydroxyl groups is 2. The molecule has 3 fully saturated rings. The zero-order valence-corrected chi connectivity index (χ0v) is 19.3. The second-order valence-electron chi connectivity index (χ2n) is 11.2. The maximum absolute atomic E-state index is 10.0. The van der Waals surface area contributed by atoms with Crippen LogP contribution in [0.15, 0.2) is 35.5 Å². The molecule has 2 heteroatoms. The molecule has 1 unspecified atom stereocenters. The molecule has 3 rings (SSSR count). The van der Waals surface area contributed by atoms with E-state index in [2.05, 4.69) is 32.6 Å². The van der Waals surface area contributed by atoms with Crippen LogP contribution in [0, 0.1) is 23.2 Å². The van der Waals surface area contributed by atoms with Crippen molar-refractivity contribution in [2.75, 3.05) is 0 Å². The van der Waals surface area contributed by atoms with E-state index < -0.39 is 5.60 Å². The Balaban J connectivity index is 1.68. The smallest absolute Gasteiger partial charge is 0.0591 e. The average Bonchev–Trinajstić information content (AvgIpc) is 2.99. The van der Waals surface area contributed by atoms with Gasteiger partial charge in [0.25, 0.3) is 0 Å². The molecule has 29 heavy (non-hydrogen) atoms. The van der Waals surface area contributed by atoms with Gasteiger partial charge in [-0.1, -0.05) is 56.6 Å². The first-order valence-electron chi connectivity index (χ1n) is 12.1. The minimum atomic E-state index is -0.535. The Bertz CT molecular complexity index is 650. The summed E-state index contributed by atoms with van der Waals surface area (Å²) in [5.74, 6) is 2.26. The number of allylic oxidation sites excluding steroid dienone is 4. The van der Waals surface area contributed by atoms with Gasteiger partial charge in [0.1, 0.15) is 0 Å². The van der Waals surface area contributed by atoms with Crippen molar-refractivity contribution < 1.29 is 10.2 Å². The summed E-state index contributed by atoms with van der Waals surface area (Å²) in [7, 11) is 0. The highest BCUT2D eigenvalue weighted by atomic mass is 16.3. The number of hydrogen-bond donors (Lipinski definition) is 2. The Morgan fingerprint density at radius 2 is 1.97 bits per heavy atom. The number of aliphatic hydroxyl groups excluding tert-OH is 1. The minimum absolute atomic E-state index is 0.192. The van der Waals surface area contributed by atoms with E-state index in [9.17, 15) is 10.2 Å². The van der Waals surface area contributed by atoms with Crippen molar-refractivity contribution >= 4 is 0 Å². The van der Waals surface area contributed by atoms with Crippen LogP contribution in [0.2, 0.25) is 0 Å². The van der Waals surface area contributed by atoms with E-state index >= 15 is 0 Å². The molecule has 2 N–H and O–H groups in total.